The second-order valence-electron chi connectivity index (χ2n) is 5.33. The Balaban J connectivity index is 2.52. The van der Waals surface area contributed by atoms with Crippen molar-refractivity contribution < 1.29 is 4.74 Å². The van der Waals surface area contributed by atoms with Gasteiger partial charge in [-0.05, 0) is 37.5 Å². The van der Waals surface area contributed by atoms with Crippen LogP contribution in [0.2, 0.25) is 0 Å². The van der Waals surface area contributed by atoms with E-state index in [0.717, 1.165) is 18.4 Å². The van der Waals surface area contributed by atoms with Crippen molar-refractivity contribution in [1.29, 1.82) is 0 Å². The van der Waals surface area contributed by atoms with E-state index in [2.05, 4.69) is 27.7 Å². The van der Waals surface area contributed by atoms with Gasteiger partial charge in [0.1, 0.15) is 0 Å². The highest BCUT2D eigenvalue weighted by Crippen LogP contribution is 2.37. The van der Waals surface area contributed by atoms with Gasteiger partial charge in [-0.1, -0.05) is 27.7 Å². The molecule has 1 aliphatic heterocycles. The molecule has 0 aromatic rings. The van der Waals surface area contributed by atoms with E-state index in [-0.39, 0.29) is 5.60 Å². The third kappa shape index (κ3) is 3.30. The van der Waals surface area contributed by atoms with Gasteiger partial charge in [0.15, 0.2) is 0 Å². The summed E-state index contributed by atoms with van der Waals surface area (Å²) in [5.41, 5.74) is 0.238. The number of rotatable bonds is 4. The van der Waals surface area contributed by atoms with Crippen molar-refractivity contribution in [2.75, 3.05) is 6.61 Å². The van der Waals surface area contributed by atoms with Gasteiger partial charge >= 0.3 is 0 Å². The smallest absolute Gasteiger partial charge is 0.0688 e. The molecule has 0 aliphatic carbocycles. The Labute approximate surface area is 82.9 Å². The lowest BCUT2D eigenvalue weighted by molar-refractivity contribution is -0.0273. The Hall–Kier alpha value is -0.0400. The fourth-order valence-corrected chi connectivity index (χ4v) is 2.65. The van der Waals surface area contributed by atoms with Crippen LogP contribution >= 0.6 is 0 Å². The Kier molecular flexibility index (Phi) is 3.78. The molecule has 0 spiro atoms. The van der Waals surface area contributed by atoms with Crippen molar-refractivity contribution in [3.8, 4) is 0 Å². The predicted octanol–water partition coefficient (Wildman–Crippen LogP) is 3.63. The van der Waals surface area contributed by atoms with E-state index in [4.69, 9.17) is 4.74 Å². The van der Waals surface area contributed by atoms with E-state index in [9.17, 15) is 0 Å². The van der Waals surface area contributed by atoms with Gasteiger partial charge in [-0.2, -0.15) is 0 Å². The van der Waals surface area contributed by atoms with Gasteiger partial charge in [0.25, 0.3) is 0 Å². The molecule has 0 radical (unpaired) electrons. The maximum Gasteiger partial charge on any atom is 0.0688 e. The molecule has 1 fully saturated rings. The summed E-state index contributed by atoms with van der Waals surface area (Å²) in [6.07, 6.45) is 5.03. The third-order valence-electron chi connectivity index (χ3n) is 2.75. The number of ether oxygens (including phenoxy) is 1. The minimum atomic E-state index is 0.238. The van der Waals surface area contributed by atoms with E-state index in [1.807, 2.05) is 0 Å². The van der Waals surface area contributed by atoms with Crippen LogP contribution in [0.15, 0.2) is 0 Å². The van der Waals surface area contributed by atoms with E-state index in [1.54, 1.807) is 0 Å². The van der Waals surface area contributed by atoms with Gasteiger partial charge in [-0.25, -0.2) is 0 Å². The highest BCUT2D eigenvalue weighted by Gasteiger charge is 2.35. The first-order valence-corrected chi connectivity index (χ1v) is 5.68. The van der Waals surface area contributed by atoms with Crippen LogP contribution in [0.5, 0.6) is 0 Å². The normalized spacial score (nSPS) is 21.7. The average Bonchev–Trinajstić information content (AvgIpc) is 2.33. The molecular formula is C12H24O. The van der Waals surface area contributed by atoms with Gasteiger partial charge < -0.3 is 4.74 Å². The first-order chi connectivity index (χ1) is 6.04. The summed E-state index contributed by atoms with van der Waals surface area (Å²) in [5, 5.41) is 0. The molecule has 1 heterocycles. The summed E-state index contributed by atoms with van der Waals surface area (Å²) in [7, 11) is 0. The zero-order valence-electron chi connectivity index (χ0n) is 9.60. The van der Waals surface area contributed by atoms with Crippen molar-refractivity contribution in [2.45, 2.75) is 59.0 Å². The lowest BCUT2D eigenvalue weighted by Gasteiger charge is -2.31. The van der Waals surface area contributed by atoms with Crippen molar-refractivity contribution in [2.24, 2.45) is 11.8 Å². The molecule has 1 aliphatic rings. The minimum Gasteiger partial charge on any atom is -0.375 e. The zero-order chi connectivity index (χ0) is 9.90. The monoisotopic (exact) mass is 184 g/mol. The highest BCUT2D eigenvalue weighted by molar-refractivity contribution is 4.86. The summed E-state index contributed by atoms with van der Waals surface area (Å²) in [6.45, 7) is 10.2. The zero-order valence-corrected chi connectivity index (χ0v) is 9.60. The molecule has 1 nitrogen and oxygen atoms in total. The molecule has 0 amide bonds. The summed E-state index contributed by atoms with van der Waals surface area (Å²) in [6, 6.07) is 0. The summed E-state index contributed by atoms with van der Waals surface area (Å²) < 4.78 is 5.96. The average molecular weight is 184 g/mol. The predicted molar refractivity (Wildman–Crippen MR) is 56.8 cm³/mol. The Bertz CT molecular complexity index is 131. The Morgan fingerprint density at radius 1 is 1.08 bits per heavy atom. The van der Waals surface area contributed by atoms with E-state index in [1.165, 1.54) is 25.7 Å². The van der Waals surface area contributed by atoms with Crippen LogP contribution in [-0.2, 0) is 4.74 Å². The lowest BCUT2D eigenvalue weighted by atomic mass is 9.83. The van der Waals surface area contributed by atoms with E-state index < -0.39 is 0 Å². The third-order valence-corrected chi connectivity index (χ3v) is 2.75. The lowest BCUT2D eigenvalue weighted by Crippen LogP contribution is -2.31. The van der Waals surface area contributed by atoms with Gasteiger partial charge in [0, 0.05) is 6.61 Å². The van der Waals surface area contributed by atoms with Gasteiger partial charge in [-0.3, -0.25) is 0 Å². The van der Waals surface area contributed by atoms with Crippen LogP contribution in [0.25, 0.3) is 0 Å². The fraction of sp³-hybridized carbons (Fsp3) is 1.00. The van der Waals surface area contributed by atoms with Crippen LogP contribution in [-0.4, -0.2) is 12.2 Å². The van der Waals surface area contributed by atoms with Gasteiger partial charge in [-0.15, -0.1) is 0 Å². The second-order valence-corrected chi connectivity index (χ2v) is 5.33. The van der Waals surface area contributed by atoms with Crippen molar-refractivity contribution in [3.05, 3.63) is 0 Å². The van der Waals surface area contributed by atoms with Gasteiger partial charge in [0.2, 0.25) is 0 Å². The number of hydrogen-bond donors (Lipinski definition) is 0. The molecule has 0 atom stereocenters. The van der Waals surface area contributed by atoms with Crippen LogP contribution in [0.3, 0.4) is 0 Å². The Morgan fingerprint density at radius 3 is 1.92 bits per heavy atom. The van der Waals surface area contributed by atoms with Crippen molar-refractivity contribution >= 4 is 0 Å². The SMILES string of the molecule is CC(C)CC1(CC(C)C)CCCO1. The van der Waals surface area contributed by atoms with Crippen LogP contribution in [0.4, 0.5) is 0 Å². The molecule has 13 heavy (non-hydrogen) atoms. The topological polar surface area (TPSA) is 9.23 Å². The summed E-state index contributed by atoms with van der Waals surface area (Å²) in [5.74, 6) is 1.52. The van der Waals surface area contributed by atoms with Crippen LogP contribution in [0.1, 0.15) is 53.4 Å². The molecule has 1 saturated heterocycles. The standard InChI is InChI=1S/C12H24O/c1-10(2)8-12(9-11(3)4)6-5-7-13-12/h10-11H,5-9H2,1-4H3. The maximum absolute atomic E-state index is 5.96. The first-order valence-electron chi connectivity index (χ1n) is 5.68. The Morgan fingerprint density at radius 2 is 1.62 bits per heavy atom. The molecule has 0 saturated carbocycles. The first kappa shape index (κ1) is 11.0. The quantitative estimate of drug-likeness (QED) is 0.648. The van der Waals surface area contributed by atoms with Crippen LogP contribution < -0.4 is 0 Å². The fourth-order valence-electron chi connectivity index (χ4n) is 2.65. The van der Waals surface area contributed by atoms with E-state index >= 15 is 0 Å². The molecule has 0 aromatic heterocycles. The van der Waals surface area contributed by atoms with E-state index in [0.29, 0.717) is 0 Å². The summed E-state index contributed by atoms with van der Waals surface area (Å²) >= 11 is 0. The molecule has 1 rings (SSSR count). The molecule has 1 heteroatoms. The second kappa shape index (κ2) is 4.45. The molecule has 0 unspecified atom stereocenters. The van der Waals surface area contributed by atoms with Crippen LogP contribution in [0, 0.1) is 11.8 Å². The summed E-state index contributed by atoms with van der Waals surface area (Å²) in [4.78, 5) is 0. The molecule has 78 valence electrons. The maximum atomic E-state index is 5.96. The molecule has 0 aromatic carbocycles. The van der Waals surface area contributed by atoms with Gasteiger partial charge in [0.05, 0.1) is 5.60 Å². The molecular weight excluding hydrogens is 160 g/mol. The molecule has 0 N–H and O–H groups in total. The molecule has 0 bridgehead atoms. The largest absolute Gasteiger partial charge is 0.375 e. The highest BCUT2D eigenvalue weighted by atomic mass is 16.5. The minimum absolute atomic E-state index is 0.238. The number of hydrogen-bond acceptors (Lipinski definition) is 1. The van der Waals surface area contributed by atoms with Crippen molar-refractivity contribution in [3.63, 3.8) is 0 Å². The van der Waals surface area contributed by atoms with Crippen molar-refractivity contribution in [1.82, 2.24) is 0 Å².